The van der Waals surface area contributed by atoms with E-state index in [9.17, 15) is 0 Å². The first-order valence-electron chi connectivity index (χ1n) is 6.80. The van der Waals surface area contributed by atoms with Crippen molar-refractivity contribution >= 4 is 27.3 Å². The Morgan fingerprint density at radius 1 is 1.05 bits per heavy atom. The maximum Gasteiger partial charge on any atom is 0.0701 e. The standard InChI is InChI=1S/C16H16BrN3S/c17-16-7-6-15(21-16)11-18-10-13-4-1-2-5-14(13)12-20-9-3-8-19-20/h1-9,18H,10-12H2. The quantitative estimate of drug-likeness (QED) is 0.717. The fourth-order valence-corrected chi connectivity index (χ4v) is 3.67. The van der Waals surface area contributed by atoms with E-state index in [2.05, 4.69) is 62.7 Å². The normalized spacial score (nSPS) is 10.9. The summed E-state index contributed by atoms with van der Waals surface area (Å²) in [6.45, 7) is 2.58. The molecule has 0 fully saturated rings. The predicted octanol–water partition coefficient (Wildman–Crippen LogP) is 4.05. The first-order valence-corrected chi connectivity index (χ1v) is 8.41. The van der Waals surface area contributed by atoms with Crippen molar-refractivity contribution in [1.29, 1.82) is 0 Å². The fraction of sp³-hybridized carbons (Fsp3) is 0.188. The summed E-state index contributed by atoms with van der Waals surface area (Å²) >= 11 is 5.27. The molecular formula is C16H16BrN3S. The lowest BCUT2D eigenvalue weighted by Gasteiger charge is -2.10. The minimum Gasteiger partial charge on any atom is -0.308 e. The van der Waals surface area contributed by atoms with Crippen molar-refractivity contribution < 1.29 is 0 Å². The van der Waals surface area contributed by atoms with Crippen LogP contribution in [0.15, 0.2) is 58.6 Å². The Bertz CT molecular complexity index is 691. The minimum absolute atomic E-state index is 0.815. The highest BCUT2D eigenvalue weighted by Crippen LogP contribution is 2.22. The first-order chi connectivity index (χ1) is 10.3. The molecular weight excluding hydrogens is 346 g/mol. The van der Waals surface area contributed by atoms with Gasteiger partial charge in [-0.1, -0.05) is 24.3 Å². The van der Waals surface area contributed by atoms with Crippen LogP contribution in [0.5, 0.6) is 0 Å². The molecule has 2 heterocycles. The van der Waals surface area contributed by atoms with E-state index in [1.54, 1.807) is 11.3 Å². The van der Waals surface area contributed by atoms with Gasteiger partial charge < -0.3 is 5.32 Å². The second-order valence-electron chi connectivity index (χ2n) is 4.78. The van der Waals surface area contributed by atoms with Crippen molar-refractivity contribution in [2.75, 3.05) is 0 Å². The molecule has 0 bridgehead atoms. The van der Waals surface area contributed by atoms with Crippen molar-refractivity contribution in [3.63, 3.8) is 0 Å². The van der Waals surface area contributed by atoms with Gasteiger partial charge in [0.1, 0.15) is 0 Å². The number of halogens is 1. The molecule has 3 rings (SSSR count). The highest BCUT2D eigenvalue weighted by Gasteiger charge is 2.03. The van der Waals surface area contributed by atoms with Crippen LogP contribution < -0.4 is 5.32 Å². The van der Waals surface area contributed by atoms with Crippen LogP contribution in [0, 0.1) is 0 Å². The Morgan fingerprint density at radius 2 is 1.90 bits per heavy atom. The molecule has 108 valence electrons. The zero-order valence-corrected chi connectivity index (χ0v) is 13.9. The molecule has 3 aromatic rings. The molecule has 0 saturated heterocycles. The monoisotopic (exact) mass is 361 g/mol. The van der Waals surface area contributed by atoms with Crippen molar-refractivity contribution in [2.45, 2.75) is 19.6 Å². The summed E-state index contributed by atoms with van der Waals surface area (Å²) in [5.41, 5.74) is 2.63. The van der Waals surface area contributed by atoms with Gasteiger partial charge in [0.15, 0.2) is 0 Å². The number of aromatic nitrogens is 2. The molecule has 0 radical (unpaired) electrons. The Hall–Kier alpha value is -1.43. The second-order valence-corrected chi connectivity index (χ2v) is 7.33. The Balaban J connectivity index is 1.62. The Kier molecular flexibility index (Phi) is 4.85. The molecule has 2 aromatic heterocycles. The molecule has 1 N–H and O–H groups in total. The van der Waals surface area contributed by atoms with Gasteiger partial charge >= 0.3 is 0 Å². The molecule has 5 heteroatoms. The number of hydrogen-bond acceptors (Lipinski definition) is 3. The van der Waals surface area contributed by atoms with Crippen LogP contribution in [-0.4, -0.2) is 9.78 Å². The fourth-order valence-electron chi connectivity index (χ4n) is 2.22. The van der Waals surface area contributed by atoms with Gasteiger partial charge in [0, 0.05) is 30.4 Å². The lowest BCUT2D eigenvalue weighted by molar-refractivity contribution is 0.658. The molecule has 3 nitrogen and oxygen atoms in total. The zero-order chi connectivity index (χ0) is 14.5. The Morgan fingerprint density at radius 3 is 2.62 bits per heavy atom. The average Bonchev–Trinajstić information content (AvgIpc) is 3.13. The third-order valence-corrected chi connectivity index (χ3v) is 4.88. The first kappa shape index (κ1) is 14.5. The molecule has 0 atom stereocenters. The van der Waals surface area contributed by atoms with Gasteiger partial charge in [0.25, 0.3) is 0 Å². The summed E-state index contributed by atoms with van der Waals surface area (Å²) in [5.74, 6) is 0. The molecule has 0 spiro atoms. The molecule has 0 aliphatic rings. The number of benzene rings is 1. The number of nitrogens with zero attached hydrogens (tertiary/aromatic N) is 2. The van der Waals surface area contributed by atoms with Gasteiger partial charge in [-0.2, -0.15) is 5.10 Å². The van der Waals surface area contributed by atoms with Crippen LogP contribution in [-0.2, 0) is 19.6 Å². The van der Waals surface area contributed by atoms with Crippen LogP contribution in [0.3, 0.4) is 0 Å². The lowest BCUT2D eigenvalue weighted by atomic mass is 10.1. The van der Waals surface area contributed by atoms with E-state index in [0.717, 1.165) is 19.6 Å². The zero-order valence-electron chi connectivity index (χ0n) is 11.5. The van der Waals surface area contributed by atoms with Gasteiger partial charge in [-0.3, -0.25) is 4.68 Å². The second kappa shape index (κ2) is 7.02. The van der Waals surface area contributed by atoms with Crippen molar-refractivity contribution in [3.05, 3.63) is 74.6 Å². The van der Waals surface area contributed by atoms with E-state index < -0.39 is 0 Å². The SMILES string of the molecule is Brc1ccc(CNCc2ccccc2Cn2cccn2)s1. The summed E-state index contributed by atoms with van der Waals surface area (Å²) < 4.78 is 3.13. The summed E-state index contributed by atoms with van der Waals surface area (Å²) in [5, 5.41) is 7.79. The summed E-state index contributed by atoms with van der Waals surface area (Å²) in [4.78, 5) is 1.34. The maximum atomic E-state index is 4.28. The summed E-state index contributed by atoms with van der Waals surface area (Å²) in [6.07, 6.45) is 3.81. The van der Waals surface area contributed by atoms with E-state index >= 15 is 0 Å². The summed E-state index contributed by atoms with van der Waals surface area (Å²) in [6, 6.07) is 14.7. The van der Waals surface area contributed by atoms with E-state index in [1.807, 2.05) is 23.1 Å². The van der Waals surface area contributed by atoms with Crippen molar-refractivity contribution in [3.8, 4) is 0 Å². The number of rotatable bonds is 6. The maximum absolute atomic E-state index is 4.28. The molecule has 0 amide bonds. The molecule has 0 aliphatic carbocycles. The van der Waals surface area contributed by atoms with E-state index in [1.165, 1.54) is 19.8 Å². The third-order valence-electron chi connectivity index (χ3n) is 3.25. The Labute approximate surface area is 136 Å². The average molecular weight is 362 g/mol. The van der Waals surface area contributed by atoms with E-state index in [0.29, 0.717) is 0 Å². The highest BCUT2D eigenvalue weighted by molar-refractivity contribution is 9.11. The number of hydrogen-bond donors (Lipinski definition) is 1. The van der Waals surface area contributed by atoms with E-state index in [4.69, 9.17) is 0 Å². The van der Waals surface area contributed by atoms with Gasteiger partial charge in [-0.15, -0.1) is 11.3 Å². The third kappa shape index (κ3) is 4.03. The van der Waals surface area contributed by atoms with Gasteiger partial charge in [-0.25, -0.2) is 0 Å². The van der Waals surface area contributed by atoms with Crippen LogP contribution in [0.4, 0.5) is 0 Å². The topological polar surface area (TPSA) is 29.9 Å². The van der Waals surface area contributed by atoms with E-state index in [-0.39, 0.29) is 0 Å². The van der Waals surface area contributed by atoms with Crippen LogP contribution in [0.25, 0.3) is 0 Å². The molecule has 0 saturated carbocycles. The predicted molar refractivity (Wildman–Crippen MR) is 90.3 cm³/mol. The van der Waals surface area contributed by atoms with Crippen molar-refractivity contribution in [2.24, 2.45) is 0 Å². The van der Waals surface area contributed by atoms with Gasteiger partial charge in [-0.05, 0) is 45.3 Å². The largest absolute Gasteiger partial charge is 0.308 e. The highest BCUT2D eigenvalue weighted by atomic mass is 79.9. The van der Waals surface area contributed by atoms with Crippen LogP contribution in [0.2, 0.25) is 0 Å². The summed E-state index contributed by atoms with van der Waals surface area (Å²) in [7, 11) is 0. The lowest BCUT2D eigenvalue weighted by Crippen LogP contribution is -2.14. The van der Waals surface area contributed by atoms with Gasteiger partial charge in [0.05, 0.1) is 10.3 Å². The van der Waals surface area contributed by atoms with Crippen LogP contribution in [0.1, 0.15) is 16.0 Å². The van der Waals surface area contributed by atoms with Crippen LogP contribution >= 0.6 is 27.3 Å². The molecule has 0 aliphatic heterocycles. The minimum atomic E-state index is 0.815. The number of thiophene rings is 1. The van der Waals surface area contributed by atoms with Gasteiger partial charge in [0.2, 0.25) is 0 Å². The molecule has 1 aromatic carbocycles. The number of nitrogens with one attached hydrogen (secondary N) is 1. The van der Waals surface area contributed by atoms with Crippen molar-refractivity contribution in [1.82, 2.24) is 15.1 Å². The smallest absolute Gasteiger partial charge is 0.0701 e. The molecule has 21 heavy (non-hydrogen) atoms. The molecule has 0 unspecified atom stereocenters.